The molecule has 0 saturated heterocycles. The lowest BCUT2D eigenvalue weighted by Gasteiger charge is -2.16. The number of carbonyl (C=O) groups is 1. The van der Waals surface area contributed by atoms with Crippen LogP contribution in [-0.4, -0.2) is 21.4 Å². The second-order valence-electron chi connectivity index (χ2n) is 4.78. The molecule has 0 saturated carbocycles. The van der Waals surface area contributed by atoms with Crippen molar-refractivity contribution in [2.45, 2.75) is 50.3 Å². The number of hydrogen-bond acceptors (Lipinski definition) is 3. The van der Waals surface area contributed by atoms with Gasteiger partial charge in [-0.1, -0.05) is 6.92 Å². The third kappa shape index (κ3) is 4.06. The Morgan fingerprint density at radius 1 is 1.42 bits per heavy atom. The number of carbonyl (C=O) groups excluding carboxylic acids is 1. The molecule has 3 atom stereocenters. The lowest BCUT2D eigenvalue weighted by Crippen LogP contribution is -2.40. The third-order valence-corrected chi connectivity index (χ3v) is 4.74. The Morgan fingerprint density at radius 3 is 2.58 bits per heavy atom. The molecule has 1 amide bonds. The first-order valence-electron chi connectivity index (χ1n) is 6.43. The van der Waals surface area contributed by atoms with Gasteiger partial charge in [-0.3, -0.25) is 9.00 Å². The average molecular weight is 282 g/mol. The van der Waals surface area contributed by atoms with E-state index in [1.54, 1.807) is 25.1 Å². The minimum atomic E-state index is -1.36. The van der Waals surface area contributed by atoms with Gasteiger partial charge in [-0.05, 0) is 51.0 Å². The average Bonchev–Trinajstić information content (AvgIpc) is 2.39. The number of amides is 1. The summed E-state index contributed by atoms with van der Waals surface area (Å²) in [5.74, 6) is -0.179. The molecule has 0 bridgehead atoms. The van der Waals surface area contributed by atoms with Gasteiger partial charge in [0, 0.05) is 16.6 Å². The van der Waals surface area contributed by atoms with Crippen molar-refractivity contribution in [3.05, 3.63) is 23.8 Å². The molecule has 1 aromatic rings. The summed E-state index contributed by atoms with van der Waals surface area (Å²) in [6.45, 7) is 7.47. The number of anilines is 1. The van der Waals surface area contributed by atoms with Crippen LogP contribution in [-0.2, 0) is 15.6 Å². The number of rotatable bonds is 5. The van der Waals surface area contributed by atoms with Crippen LogP contribution in [0.3, 0.4) is 0 Å². The van der Waals surface area contributed by atoms with Crippen molar-refractivity contribution >= 4 is 22.4 Å². The van der Waals surface area contributed by atoms with Gasteiger partial charge in [0.15, 0.2) is 0 Å². The first kappa shape index (κ1) is 15.7. The number of benzene rings is 1. The quantitative estimate of drug-likeness (QED) is 0.811. The van der Waals surface area contributed by atoms with Crippen molar-refractivity contribution in [3.63, 3.8) is 0 Å². The van der Waals surface area contributed by atoms with E-state index in [2.05, 4.69) is 5.32 Å². The molecule has 0 aliphatic carbocycles. The van der Waals surface area contributed by atoms with Crippen molar-refractivity contribution in [2.75, 3.05) is 5.73 Å². The fraction of sp³-hybridized carbons (Fsp3) is 0.500. The molecule has 3 unspecified atom stereocenters. The standard InChI is InChI=1S/C14H22N2O2S/c1-5-10(3)16-14(17)11(4)19(18)12-6-7-13(15)9(2)8-12/h6-8,10-11H,5,15H2,1-4H3,(H,16,17). The Kier molecular flexibility index (Phi) is 5.54. The summed E-state index contributed by atoms with van der Waals surface area (Å²) >= 11 is 0. The van der Waals surface area contributed by atoms with E-state index in [0.29, 0.717) is 10.6 Å². The number of nitrogens with two attached hydrogens (primary N) is 1. The Labute approximate surface area is 117 Å². The molecule has 19 heavy (non-hydrogen) atoms. The van der Waals surface area contributed by atoms with Gasteiger partial charge in [0.2, 0.25) is 5.91 Å². The molecule has 0 spiro atoms. The second kappa shape index (κ2) is 6.70. The smallest absolute Gasteiger partial charge is 0.236 e. The van der Waals surface area contributed by atoms with E-state index in [9.17, 15) is 9.00 Å². The highest BCUT2D eigenvalue weighted by atomic mass is 32.2. The fourth-order valence-electron chi connectivity index (χ4n) is 1.54. The van der Waals surface area contributed by atoms with Gasteiger partial charge in [0.1, 0.15) is 5.25 Å². The zero-order valence-corrected chi connectivity index (χ0v) is 12.7. The molecule has 0 radical (unpaired) electrons. The number of nitrogens with one attached hydrogen (secondary N) is 1. The normalized spacial score (nSPS) is 15.6. The molecule has 0 heterocycles. The topological polar surface area (TPSA) is 72.2 Å². The highest BCUT2D eigenvalue weighted by molar-refractivity contribution is 7.86. The first-order chi connectivity index (χ1) is 8.86. The van der Waals surface area contributed by atoms with E-state index in [4.69, 9.17) is 5.73 Å². The van der Waals surface area contributed by atoms with Gasteiger partial charge in [0.25, 0.3) is 0 Å². The van der Waals surface area contributed by atoms with Gasteiger partial charge in [-0.2, -0.15) is 0 Å². The van der Waals surface area contributed by atoms with Crippen LogP contribution in [0.4, 0.5) is 5.69 Å². The van der Waals surface area contributed by atoms with Gasteiger partial charge < -0.3 is 11.1 Å². The first-order valence-corrected chi connectivity index (χ1v) is 7.65. The molecule has 1 aromatic carbocycles. The summed E-state index contributed by atoms with van der Waals surface area (Å²) in [6, 6.07) is 5.31. The Balaban J connectivity index is 2.81. The van der Waals surface area contributed by atoms with E-state index in [1.807, 2.05) is 20.8 Å². The van der Waals surface area contributed by atoms with E-state index in [-0.39, 0.29) is 11.9 Å². The number of aryl methyl sites for hydroxylation is 1. The van der Waals surface area contributed by atoms with Crippen LogP contribution in [0.25, 0.3) is 0 Å². The van der Waals surface area contributed by atoms with Crippen LogP contribution in [0.1, 0.15) is 32.8 Å². The van der Waals surface area contributed by atoms with Gasteiger partial charge in [-0.25, -0.2) is 0 Å². The van der Waals surface area contributed by atoms with Gasteiger partial charge in [0.05, 0.1) is 10.8 Å². The predicted molar refractivity (Wildman–Crippen MR) is 79.4 cm³/mol. The molecular formula is C14H22N2O2S. The van der Waals surface area contributed by atoms with Crippen molar-refractivity contribution in [3.8, 4) is 0 Å². The van der Waals surface area contributed by atoms with Crippen LogP contribution >= 0.6 is 0 Å². The molecule has 0 aliphatic rings. The van der Waals surface area contributed by atoms with Crippen LogP contribution in [0.15, 0.2) is 23.1 Å². The van der Waals surface area contributed by atoms with Crippen LogP contribution in [0, 0.1) is 6.92 Å². The summed E-state index contributed by atoms with van der Waals surface area (Å²) in [4.78, 5) is 12.6. The molecule has 0 aromatic heterocycles. The summed E-state index contributed by atoms with van der Waals surface area (Å²) in [7, 11) is -1.36. The van der Waals surface area contributed by atoms with E-state index in [1.165, 1.54) is 0 Å². The number of hydrogen-bond donors (Lipinski definition) is 2. The maximum Gasteiger partial charge on any atom is 0.236 e. The van der Waals surface area contributed by atoms with E-state index < -0.39 is 16.0 Å². The largest absolute Gasteiger partial charge is 0.399 e. The summed E-state index contributed by atoms with van der Waals surface area (Å²) < 4.78 is 12.3. The molecule has 1 rings (SSSR count). The monoisotopic (exact) mass is 282 g/mol. The van der Waals surface area contributed by atoms with Gasteiger partial charge >= 0.3 is 0 Å². The molecule has 4 nitrogen and oxygen atoms in total. The van der Waals surface area contributed by atoms with Gasteiger partial charge in [-0.15, -0.1) is 0 Å². The number of nitrogen functional groups attached to an aromatic ring is 1. The maximum atomic E-state index is 12.3. The SMILES string of the molecule is CCC(C)NC(=O)C(C)S(=O)c1ccc(N)c(C)c1. The minimum absolute atomic E-state index is 0.0973. The minimum Gasteiger partial charge on any atom is -0.399 e. The lowest BCUT2D eigenvalue weighted by molar-refractivity contribution is -0.120. The third-order valence-electron chi connectivity index (χ3n) is 3.16. The van der Waals surface area contributed by atoms with Crippen LogP contribution < -0.4 is 11.1 Å². The van der Waals surface area contributed by atoms with Crippen molar-refractivity contribution < 1.29 is 9.00 Å². The van der Waals surface area contributed by atoms with Crippen molar-refractivity contribution in [1.82, 2.24) is 5.32 Å². The molecule has 106 valence electrons. The predicted octanol–water partition coefficient (Wildman–Crippen LogP) is 1.99. The van der Waals surface area contributed by atoms with E-state index in [0.717, 1.165) is 12.0 Å². The summed E-state index contributed by atoms with van der Waals surface area (Å²) in [5.41, 5.74) is 7.27. The second-order valence-corrected chi connectivity index (χ2v) is 6.55. The van der Waals surface area contributed by atoms with Crippen LogP contribution in [0.5, 0.6) is 0 Å². The van der Waals surface area contributed by atoms with Crippen molar-refractivity contribution in [2.24, 2.45) is 0 Å². The molecular weight excluding hydrogens is 260 g/mol. The molecule has 0 fully saturated rings. The molecule has 0 aliphatic heterocycles. The highest BCUT2D eigenvalue weighted by Gasteiger charge is 2.22. The Hall–Kier alpha value is -1.36. The Morgan fingerprint density at radius 2 is 2.05 bits per heavy atom. The maximum absolute atomic E-state index is 12.3. The van der Waals surface area contributed by atoms with Crippen molar-refractivity contribution in [1.29, 1.82) is 0 Å². The lowest BCUT2D eigenvalue weighted by atomic mass is 10.2. The highest BCUT2D eigenvalue weighted by Crippen LogP contribution is 2.18. The molecule has 3 N–H and O–H groups in total. The zero-order valence-electron chi connectivity index (χ0n) is 11.9. The Bertz CT molecular complexity index is 488. The zero-order chi connectivity index (χ0) is 14.6. The fourth-order valence-corrected chi connectivity index (χ4v) is 2.70. The summed E-state index contributed by atoms with van der Waals surface area (Å²) in [5, 5.41) is 2.28. The summed E-state index contributed by atoms with van der Waals surface area (Å²) in [6.07, 6.45) is 0.853. The van der Waals surface area contributed by atoms with Crippen LogP contribution in [0.2, 0.25) is 0 Å². The molecule has 5 heteroatoms. The van der Waals surface area contributed by atoms with E-state index >= 15 is 0 Å².